The first-order chi connectivity index (χ1) is 9.38. The van der Waals surface area contributed by atoms with Gasteiger partial charge in [-0.25, -0.2) is 0 Å². The standard InChI is InChI=1S/C17H21NO2/c1-10-5-6-14(17(20)7-10)13(4)18-15-8-12(3)16(19)9-11(15)2/h5-9,13,18-20H,1-4H3. The van der Waals surface area contributed by atoms with Crippen LogP contribution in [0.2, 0.25) is 0 Å². The van der Waals surface area contributed by atoms with E-state index in [1.165, 1.54) is 0 Å². The van der Waals surface area contributed by atoms with Crippen molar-refractivity contribution in [1.29, 1.82) is 0 Å². The molecule has 0 spiro atoms. The number of hydrogen-bond donors (Lipinski definition) is 3. The average Bonchev–Trinajstić information content (AvgIpc) is 2.35. The van der Waals surface area contributed by atoms with Gasteiger partial charge in [0.15, 0.2) is 0 Å². The van der Waals surface area contributed by atoms with Crippen LogP contribution in [0.4, 0.5) is 5.69 Å². The second kappa shape index (κ2) is 5.45. The number of rotatable bonds is 3. The van der Waals surface area contributed by atoms with Gasteiger partial charge >= 0.3 is 0 Å². The number of phenolic OH excluding ortho intramolecular Hbond substituents is 2. The predicted octanol–water partition coefficient (Wildman–Crippen LogP) is 4.20. The van der Waals surface area contributed by atoms with Gasteiger partial charge in [-0.15, -0.1) is 0 Å². The van der Waals surface area contributed by atoms with Gasteiger partial charge in [-0.1, -0.05) is 12.1 Å². The lowest BCUT2D eigenvalue weighted by atomic mass is 10.0. The van der Waals surface area contributed by atoms with E-state index in [9.17, 15) is 10.2 Å². The van der Waals surface area contributed by atoms with Crippen LogP contribution in [0.1, 0.15) is 35.2 Å². The summed E-state index contributed by atoms with van der Waals surface area (Å²) >= 11 is 0. The summed E-state index contributed by atoms with van der Waals surface area (Å²) in [5.74, 6) is 0.608. The molecule has 106 valence electrons. The zero-order chi connectivity index (χ0) is 14.9. The van der Waals surface area contributed by atoms with Crippen molar-refractivity contribution in [3.05, 3.63) is 52.6 Å². The van der Waals surface area contributed by atoms with Gasteiger partial charge in [-0.3, -0.25) is 0 Å². The van der Waals surface area contributed by atoms with E-state index >= 15 is 0 Å². The van der Waals surface area contributed by atoms with Crippen molar-refractivity contribution in [2.75, 3.05) is 5.32 Å². The predicted molar refractivity (Wildman–Crippen MR) is 82.5 cm³/mol. The summed E-state index contributed by atoms with van der Waals surface area (Å²) in [5, 5.41) is 23.1. The monoisotopic (exact) mass is 271 g/mol. The average molecular weight is 271 g/mol. The van der Waals surface area contributed by atoms with Crippen LogP contribution in [0.3, 0.4) is 0 Å². The van der Waals surface area contributed by atoms with E-state index in [2.05, 4.69) is 5.32 Å². The SMILES string of the molecule is Cc1ccc(C(C)Nc2cc(C)c(O)cc2C)c(O)c1. The molecule has 3 heteroatoms. The number of nitrogens with one attached hydrogen (secondary N) is 1. The number of phenols is 2. The van der Waals surface area contributed by atoms with E-state index in [-0.39, 0.29) is 6.04 Å². The molecule has 1 atom stereocenters. The van der Waals surface area contributed by atoms with E-state index in [0.717, 1.165) is 27.9 Å². The second-order valence-electron chi connectivity index (χ2n) is 5.38. The van der Waals surface area contributed by atoms with Gasteiger partial charge in [-0.05, 0) is 62.6 Å². The van der Waals surface area contributed by atoms with Gasteiger partial charge in [0.25, 0.3) is 0 Å². The number of benzene rings is 2. The van der Waals surface area contributed by atoms with Crippen molar-refractivity contribution in [2.24, 2.45) is 0 Å². The molecular weight excluding hydrogens is 250 g/mol. The first-order valence-electron chi connectivity index (χ1n) is 6.74. The maximum Gasteiger partial charge on any atom is 0.121 e. The Morgan fingerprint density at radius 3 is 2.25 bits per heavy atom. The molecule has 20 heavy (non-hydrogen) atoms. The molecule has 0 fully saturated rings. The lowest BCUT2D eigenvalue weighted by molar-refractivity contribution is 0.464. The van der Waals surface area contributed by atoms with Gasteiger partial charge in [0, 0.05) is 11.3 Å². The highest BCUT2D eigenvalue weighted by atomic mass is 16.3. The normalized spacial score (nSPS) is 12.2. The molecule has 0 saturated carbocycles. The molecule has 3 nitrogen and oxygen atoms in total. The first-order valence-corrected chi connectivity index (χ1v) is 6.74. The van der Waals surface area contributed by atoms with Crippen LogP contribution < -0.4 is 5.32 Å². The Labute approximate surface area is 119 Å². The van der Waals surface area contributed by atoms with Gasteiger partial charge in [0.05, 0.1) is 6.04 Å². The zero-order valence-electron chi connectivity index (χ0n) is 12.4. The molecule has 0 aliphatic heterocycles. The summed E-state index contributed by atoms with van der Waals surface area (Å²) < 4.78 is 0. The van der Waals surface area contributed by atoms with Crippen LogP contribution in [0, 0.1) is 20.8 Å². The Bertz CT molecular complexity index is 635. The number of aromatic hydroxyl groups is 2. The summed E-state index contributed by atoms with van der Waals surface area (Å²) in [6, 6.07) is 9.35. The molecule has 0 saturated heterocycles. The fraction of sp³-hybridized carbons (Fsp3) is 0.294. The Kier molecular flexibility index (Phi) is 3.89. The molecule has 0 heterocycles. The molecule has 3 N–H and O–H groups in total. The van der Waals surface area contributed by atoms with Crippen molar-refractivity contribution in [3.63, 3.8) is 0 Å². The molecule has 2 rings (SSSR count). The van der Waals surface area contributed by atoms with Crippen LogP contribution in [0.5, 0.6) is 11.5 Å². The summed E-state index contributed by atoms with van der Waals surface area (Å²) in [6.45, 7) is 7.78. The fourth-order valence-corrected chi connectivity index (χ4v) is 2.29. The summed E-state index contributed by atoms with van der Waals surface area (Å²) in [4.78, 5) is 0. The van der Waals surface area contributed by atoms with Crippen molar-refractivity contribution < 1.29 is 10.2 Å². The summed E-state index contributed by atoms with van der Waals surface area (Å²) in [7, 11) is 0. The molecule has 0 aromatic heterocycles. The molecule has 0 radical (unpaired) electrons. The molecule has 1 unspecified atom stereocenters. The number of aryl methyl sites for hydroxylation is 3. The van der Waals surface area contributed by atoms with E-state index in [1.54, 1.807) is 12.1 Å². The van der Waals surface area contributed by atoms with Crippen molar-refractivity contribution >= 4 is 5.69 Å². The molecular formula is C17H21NO2. The third kappa shape index (κ3) is 2.87. The highest BCUT2D eigenvalue weighted by Gasteiger charge is 2.12. The third-order valence-electron chi connectivity index (χ3n) is 3.57. The Morgan fingerprint density at radius 2 is 1.60 bits per heavy atom. The van der Waals surface area contributed by atoms with Crippen LogP contribution in [-0.2, 0) is 0 Å². The van der Waals surface area contributed by atoms with E-state index in [4.69, 9.17) is 0 Å². The third-order valence-corrected chi connectivity index (χ3v) is 3.57. The van der Waals surface area contributed by atoms with Crippen molar-refractivity contribution in [3.8, 4) is 11.5 Å². The van der Waals surface area contributed by atoms with Crippen molar-refractivity contribution in [2.45, 2.75) is 33.7 Å². The quantitative estimate of drug-likeness (QED) is 0.733. The van der Waals surface area contributed by atoms with Crippen LogP contribution in [-0.4, -0.2) is 10.2 Å². The Balaban J connectivity index is 2.27. The summed E-state index contributed by atoms with van der Waals surface area (Å²) in [6.07, 6.45) is 0. The Hall–Kier alpha value is -2.16. The van der Waals surface area contributed by atoms with Crippen LogP contribution >= 0.6 is 0 Å². The highest BCUT2D eigenvalue weighted by Crippen LogP contribution is 2.31. The lowest BCUT2D eigenvalue weighted by Gasteiger charge is -2.19. The molecule has 2 aromatic rings. The number of hydrogen-bond acceptors (Lipinski definition) is 3. The zero-order valence-corrected chi connectivity index (χ0v) is 12.4. The molecule has 0 bridgehead atoms. The van der Waals surface area contributed by atoms with Gasteiger partial charge in [0.1, 0.15) is 11.5 Å². The first kappa shape index (κ1) is 14.3. The van der Waals surface area contributed by atoms with Crippen molar-refractivity contribution in [1.82, 2.24) is 0 Å². The molecule has 2 aromatic carbocycles. The maximum atomic E-state index is 10.0. The molecule has 0 aliphatic rings. The van der Waals surface area contributed by atoms with Gasteiger partial charge in [-0.2, -0.15) is 0 Å². The van der Waals surface area contributed by atoms with E-state index in [1.807, 2.05) is 45.9 Å². The van der Waals surface area contributed by atoms with E-state index in [0.29, 0.717) is 11.5 Å². The van der Waals surface area contributed by atoms with Crippen LogP contribution in [0.25, 0.3) is 0 Å². The number of anilines is 1. The van der Waals surface area contributed by atoms with Gasteiger partial charge < -0.3 is 15.5 Å². The molecule has 0 aliphatic carbocycles. The van der Waals surface area contributed by atoms with Crippen LogP contribution in [0.15, 0.2) is 30.3 Å². The smallest absolute Gasteiger partial charge is 0.121 e. The molecule has 0 amide bonds. The minimum absolute atomic E-state index is 0.0155. The fourth-order valence-electron chi connectivity index (χ4n) is 2.29. The minimum atomic E-state index is -0.0155. The highest BCUT2D eigenvalue weighted by molar-refractivity contribution is 5.58. The maximum absolute atomic E-state index is 10.0. The van der Waals surface area contributed by atoms with Gasteiger partial charge in [0.2, 0.25) is 0 Å². The second-order valence-corrected chi connectivity index (χ2v) is 5.38. The largest absolute Gasteiger partial charge is 0.508 e. The Morgan fingerprint density at radius 1 is 0.900 bits per heavy atom. The minimum Gasteiger partial charge on any atom is -0.508 e. The lowest BCUT2D eigenvalue weighted by Crippen LogP contribution is -2.08. The summed E-state index contributed by atoms with van der Waals surface area (Å²) in [5.41, 5.74) is 4.67. The topological polar surface area (TPSA) is 52.5 Å². The van der Waals surface area contributed by atoms with E-state index < -0.39 is 0 Å².